The second-order valence-corrected chi connectivity index (χ2v) is 6.49. The number of anilines is 1. The lowest BCUT2D eigenvalue weighted by molar-refractivity contribution is 0.0695. The lowest BCUT2D eigenvalue weighted by Gasteiger charge is -2.38. The topological polar surface area (TPSA) is 66.3 Å². The van der Waals surface area contributed by atoms with Gasteiger partial charge in [-0.05, 0) is 36.7 Å². The first kappa shape index (κ1) is 15.7. The molecule has 5 heteroatoms. The van der Waals surface area contributed by atoms with Crippen LogP contribution in [-0.2, 0) is 12.8 Å². The summed E-state index contributed by atoms with van der Waals surface area (Å²) in [7, 11) is 0. The molecule has 0 radical (unpaired) electrons. The molecule has 1 aromatic rings. The van der Waals surface area contributed by atoms with Gasteiger partial charge in [0.1, 0.15) is 5.56 Å². The predicted octanol–water partition coefficient (Wildman–Crippen LogP) is 2.93. The maximum absolute atomic E-state index is 11.7. The Kier molecular flexibility index (Phi) is 4.49. The number of rotatable bonds is 4. The zero-order valence-electron chi connectivity index (χ0n) is 13.4. The lowest BCUT2D eigenvalue weighted by atomic mass is 9.82. The highest BCUT2D eigenvalue weighted by Gasteiger charge is 2.30. The summed E-state index contributed by atoms with van der Waals surface area (Å²) >= 11 is 0. The van der Waals surface area contributed by atoms with Crippen LogP contribution in [0.4, 0.5) is 5.82 Å². The van der Waals surface area contributed by atoms with Crippen LogP contribution < -0.4 is 4.90 Å². The Morgan fingerprint density at radius 3 is 2.29 bits per heavy atom. The molecule has 0 saturated carbocycles. The average Bonchev–Trinajstić information content (AvgIpc) is 2.45. The van der Waals surface area contributed by atoms with Gasteiger partial charge in [-0.15, -0.1) is 5.10 Å². The molecule has 5 nitrogen and oxygen atoms in total. The summed E-state index contributed by atoms with van der Waals surface area (Å²) in [6, 6.07) is 0. The van der Waals surface area contributed by atoms with Crippen molar-refractivity contribution in [2.45, 2.75) is 53.4 Å². The van der Waals surface area contributed by atoms with Gasteiger partial charge in [0, 0.05) is 13.1 Å². The van der Waals surface area contributed by atoms with Gasteiger partial charge < -0.3 is 10.0 Å². The minimum absolute atomic E-state index is 0.324. The van der Waals surface area contributed by atoms with Crippen LogP contribution in [0.25, 0.3) is 0 Å². The number of nitrogens with zero attached hydrogens (tertiary/aromatic N) is 3. The number of aromatic nitrogens is 2. The van der Waals surface area contributed by atoms with Crippen molar-refractivity contribution in [3.05, 3.63) is 16.8 Å². The number of piperidine rings is 1. The van der Waals surface area contributed by atoms with Crippen molar-refractivity contribution in [1.29, 1.82) is 0 Å². The molecule has 116 valence electrons. The van der Waals surface area contributed by atoms with Gasteiger partial charge in [0.2, 0.25) is 0 Å². The third-order valence-electron chi connectivity index (χ3n) is 4.46. The van der Waals surface area contributed by atoms with E-state index in [1.807, 2.05) is 13.8 Å². The second-order valence-electron chi connectivity index (χ2n) is 6.49. The van der Waals surface area contributed by atoms with Gasteiger partial charge in [-0.2, -0.15) is 5.10 Å². The molecule has 1 saturated heterocycles. The molecule has 1 aliphatic heterocycles. The molecule has 0 amide bonds. The minimum Gasteiger partial charge on any atom is -0.478 e. The first-order chi connectivity index (χ1) is 9.89. The number of carboxylic acid groups (broad SMARTS) is 1. The molecule has 1 aromatic heterocycles. The van der Waals surface area contributed by atoms with Gasteiger partial charge in [0.05, 0.1) is 5.69 Å². The fraction of sp³-hybridized carbons (Fsp3) is 0.688. The van der Waals surface area contributed by atoms with Gasteiger partial charge in [-0.3, -0.25) is 0 Å². The van der Waals surface area contributed by atoms with E-state index in [4.69, 9.17) is 0 Å². The van der Waals surface area contributed by atoms with E-state index >= 15 is 0 Å². The van der Waals surface area contributed by atoms with Crippen LogP contribution in [0.2, 0.25) is 0 Å². The summed E-state index contributed by atoms with van der Waals surface area (Å²) < 4.78 is 0. The number of hydrogen-bond acceptors (Lipinski definition) is 4. The van der Waals surface area contributed by atoms with E-state index in [1.54, 1.807) is 0 Å². The van der Waals surface area contributed by atoms with Crippen molar-refractivity contribution in [3.8, 4) is 0 Å². The third kappa shape index (κ3) is 3.17. The van der Waals surface area contributed by atoms with Crippen molar-refractivity contribution >= 4 is 11.8 Å². The summed E-state index contributed by atoms with van der Waals surface area (Å²) in [6.45, 7) is 10.2. The Morgan fingerprint density at radius 1 is 1.19 bits per heavy atom. The minimum atomic E-state index is -0.892. The monoisotopic (exact) mass is 291 g/mol. The van der Waals surface area contributed by atoms with Crippen molar-refractivity contribution in [1.82, 2.24) is 10.2 Å². The van der Waals surface area contributed by atoms with Crippen LogP contribution in [0, 0.1) is 5.41 Å². The molecule has 21 heavy (non-hydrogen) atoms. The van der Waals surface area contributed by atoms with Crippen LogP contribution in [0.5, 0.6) is 0 Å². The van der Waals surface area contributed by atoms with Gasteiger partial charge in [-0.25, -0.2) is 4.79 Å². The van der Waals surface area contributed by atoms with Crippen LogP contribution in [-0.4, -0.2) is 34.4 Å². The van der Waals surface area contributed by atoms with E-state index in [9.17, 15) is 9.90 Å². The Hall–Kier alpha value is -1.65. The molecular weight excluding hydrogens is 266 g/mol. The van der Waals surface area contributed by atoms with E-state index in [1.165, 1.54) is 0 Å². The van der Waals surface area contributed by atoms with Gasteiger partial charge >= 0.3 is 5.97 Å². The second kappa shape index (κ2) is 6.00. The van der Waals surface area contributed by atoms with Crippen molar-refractivity contribution in [2.24, 2.45) is 5.41 Å². The Bertz CT molecular complexity index is 531. The Labute approximate surface area is 126 Å². The summed E-state index contributed by atoms with van der Waals surface area (Å²) in [6.07, 6.45) is 3.48. The molecule has 0 unspecified atom stereocenters. The summed E-state index contributed by atoms with van der Waals surface area (Å²) in [5.41, 5.74) is 2.31. The molecule has 0 atom stereocenters. The fourth-order valence-electron chi connectivity index (χ4n) is 2.93. The van der Waals surface area contributed by atoms with E-state index in [2.05, 4.69) is 28.9 Å². The smallest absolute Gasteiger partial charge is 0.339 e. The van der Waals surface area contributed by atoms with Crippen LogP contribution >= 0.6 is 0 Å². The zero-order valence-corrected chi connectivity index (χ0v) is 13.4. The molecule has 0 aromatic carbocycles. The van der Waals surface area contributed by atoms with E-state index in [0.717, 1.165) is 37.2 Å². The maximum atomic E-state index is 11.7. The van der Waals surface area contributed by atoms with Crippen molar-refractivity contribution < 1.29 is 9.90 Å². The first-order valence-electron chi connectivity index (χ1n) is 7.76. The zero-order chi connectivity index (χ0) is 15.6. The number of carbonyl (C=O) groups is 1. The lowest BCUT2D eigenvalue weighted by Crippen LogP contribution is -2.39. The molecule has 1 fully saturated rings. The molecule has 0 spiro atoms. The summed E-state index contributed by atoms with van der Waals surface area (Å²) in [5, 5.41) is 18.1. The summed E-state index contributed by atoms with van der Waals surface area (Å²) in [4.78, 5) is 13.8. The highest BCUT2D eigenvalue weighted by atomic mass is 16.4. The van der Waals surface area contributed by atoms with E-state index in [0.29, 0.717) is 29.6 Å². The van der Waals surface area contributed by atoms with Crippen molar-refractivity contribution in [3.63, 3.8) is 0 Å². The largest absolute Gasteiger partial charge is 0.478 e. The average molecular weight is 291 g/mol. The highest BCUT2D eigenvalue weighted by molar-refractivity contribution is 5.95. The molecule has 1 N–H and O–H groups in total. The number of aromatic carboxylic acids is 1. The van der Waals surface area contributed by atoms with Crippen LogP contribution in [0.3, 0.4) is 0 Å². The molecule has 2 heterocycles. The molecular formula is C16H25N3O2. The first-order valence-corrected chi connectivity index (χ1v) is 7.76. The molecule has 1 aliphatic rings. The fourth-order valence-corrected chi connectivity index (χ4v) is 2.93. The van der Waals surface area contributed by atoms with Crippen LogP contribution in [0.15, 0.2) is 0 Å². The van der Waals surface area contributed by atoms with E-state index in [-0.39, 0.29) is 0 Å². The normalized spacial score (nSPS) is 17.8. The SMILES string of the molecule is CCc1nnc(N2CCC(C)(C)CC2)c(C(=O)O)c1CC. The quantitative estimate of drug-likeness (QED) is 0.924. The standard InChI is InChI=1S/C16H25N3O2/c1-5-11-12(6-2)17-18-14(13(11)15(20)21)19-9-7-16(3,4)8-10-19/h5-10H2,1-4H3,(H,20,21). The maximum Gasteiger partial charge on any atom is 0.339 e. The number of aryl methyl sites for hydroxylation is 1. The molecule has 2 rings (SSSR count). The Morgan fingerprint density at radius 2 is 1.81 bits per heavy atom. The number of carboxylic acids is 1. The Balaban J connectivity index is 2.42. The highest BCUT2D eigenvalue weighted by Crippen LogP contribution is 2.33. The van der Waals surface area contributed by atoms with Gasteiger partial charge in [0.15, 0.2) is 5.82 Å². The van der Waals surface area contributed by atoms with E-state index < -0.39 is 5.97 Å². The van der Waals surface area contributed by atoms with Crippen LogP contribution in [0.1, 0.15) is 62.2 Å². The van der Waals surface area contributed by atoms with Gasteiger partial charge in [0.25, 0.3) is 0 Å². The van der Waals surface area contributed by atoms with Crippen molar-refractivity contribution in [2.75, 3.05) is 18.0 Å². The molecule has 0 aliphatic carbocycles. The summed E-state index contributed by atoms with van der Waals surface area (Å²) in [5.74, 6) is -0.344. The number of hydrogen-bond donors (Lipinski definition) is 1. The third-order valence-corrected chi connectivity index (χ3v) is 4.46. The molecule has 0 bridgehead atoms. The van der Waals surface area contributed by atoms with Gasteiger partial charge in [-0.1, -0.05) is 27.7 Å². The predicted molar refractivity (Wildman–Crippen MR) is 83.0 cm³/mol.